The number of aryl methyl sites for hydroxylation is 1. The van der Waals surface area contributed by atoms with Crippen molar-refractivity contribution < 1.29 is 14.0 Å². The second-order valence-electron chi connectivity index (χ2n) is 12.9. The first-order valence-electron chi connectivity index (χ1n) is 15.6. The summed E-state index contributed by atoms with van der Waals surface area (Å²) in [5, 5.41) is 5.17. The summed E-state index contributed by atoms with van der Waals surface area (Å²) in [6.07, 6.45) is 8.39. The highest BCUT2D eigenvalue weighted by atomic mass is 32.1. The molecule has 0 aliphatic carbocycles. The monoisotopic (exact) mass is 627 g/mol. The molecule has 7 rings (SSSR count). The molecule has 45 heavy (non-hydrogen) atoms. The number of imidazole rings is 1. The van der Waals surface area contributed by atoms with Crippen molar-refractivity contribution in [2.24, 2.45) is 5.41 Å². The van der Waals surface area contributed by atoms with E-state index in [1.54, 1.807) is 35.9 Å². The lowest BCUT2D eigenvalue weighted by atomic mass is 9.72. The lowest BCUT2D eigenvalue weighted by molar-refractivity contribution is -0.121. The van der Waals surface area contributed by atoms with Crippen molar-refractivity contribution in [1.82, 2.24) is 24.3 Å². The highest BCUT2D eigenvalue weighted by molar-refractivity contribution is 7.13. The predicted octanol–water partition coefficient (Wildman–Crippen LogP) is 5.25. The molecule has 1 N–H and O–H groups in total. The number of carbonyl (C=O) groups is 2. The van der Waals surface area contributed by atoms with E-state index in [1.165, 1.54) is 35.9 Å². The van der Waals surface area contributed by atoms with Crippen molar-refractivity contribution in [3.8, 4) is 11.1 Å². The maximum Gasteiger partial charge on any atom is 0.249 e. The van der Waals surface area contributed by atoms with Crippen LogP contribution in [0.4, 0.5) is 15.2 Å². The molecule has 2 aromatic carbocycles. The van der Waals surface area contributed by atoms with Gasteiger partial charge in [0.1, 0.15) is 11.9 Å². The number of hydrogen-bond donors (Lipinski definition) is 1. The Morgan fingerprint density at radius 1 is 1.13 bits per heavy atom. The van der Waals surface area contributed by atoms with Gasteiger partial charge in [0.2, 0.25) is 5.91 Å². The number of aldehydes is 1. The topological polar surface area (TPSA) is 86.6 Å². The molecular formula is C34H38FN7O2S. The van der Waals surface area contributed by atoms with Crippen molar-refractivity contribution in [2.45, 2.75) is 44.8 Å². The van der Waals surface area contributed by atoms with Crippen LogP contribution in [0.15, 0.2) is 54.3 Å². The van der Waals surface area contributed by atoms with E-state index in [9.17, 15) is 9.59 Å². The van der Waals surface area contributed by atoms with Crippen molar-refractivity contribution in [3.63, 3.8) is 0 Å². The zero-order valence-electron chi connectivity index (χ0n) is 25.7. The van der Waals surface area contributed by atoms with Gasteiger partial charge in [-0.05, 0) is 88.3 Å². The van der Waals surface area contributed by atoms with Gasteiger partial charge in [-0.1, -0.05) is 12.1 Å². The number of benzene rings is 2. The summed E-state index contributed by atoms with van der Waals surface area (Å²) in [7, 11) is 3.96. The molecule has 0 saturated carbocycles. The van der Waals surface area contributed by atoms with E-state index < -0.39 is 11.9 Å². The second kappa shape index (κ2) is 12.1. The highest BCUT2D eigenvalue weighted by Gasteiger charge is 2.44. The Morgan fingerprint density at radius 3 is 2.62 bits per heavy atom. The molecule has 1 spiro atoms. The Kier molecular flexibility index (Phi) is 8.01. The summed E-state index contributed by atoms with van der Waals surface area (Å²) >= 11 is 1.33. The van der Waals surface area contributed by atoms with Gasteiger partial charge in [-0.3, -0.25) is 14.5 Å². The summed E-state index contributed by atoms with van der Waals surface area (Å²) in [4.78, 5) is 41.3. The molecule has 1 unspecified atom stereocenters. The van der Waals surface area contributed by atoms with Crippen LogP contribution in [-0.2, 0) is 24.3 Å². The van der Waals surface area contributed by atoms with Gasteiger partial charge in [-0.25, -0.2) is 14.4 Å². The number of aromatic nitrogens is 3. The molecule has 5 heterocycles. The number of halogens is 1. The maximum absolute atomic E-state index is 15.9. The molecule has 1 atom stereocenters. The average Bonchev–Trinajstić information content (AvgIpc) is 3.79. The van der Waals surface area contributed by atoms with E-state index in [-0.39, 0.29) is 23.6 Å². The molecule has 11 heteroatoms. The number of rotatable bonds is 9. The Bertz CT molecular complexity index is 1690. The molecule has 0 bridgehead atoms. The highest BCUT2D eigenvalue weighted by Crippen LogP contribution is 2.42. The molecule has 3 aliphatic rings. The van der Waals surface area contributed by atoms with Gasteiger partial charge in [0, 0.05) is 65.7 Å². The molecule has 234 valence electrons. The van der Waals surface area contributed by atoms with E-state index in [0.717, 1.165) is 56.8 Å². The third-order valence-electron chi connectivity index (χ3n) is 9.83. The standard InChI is InChI=1S/C34H38FN7O2S/c1-39-13-9-34(10-14-39)20-42(21-34)26-7-5-23(6-8-26)24-16-25(19-43)27(28(35)17-24)18-40(2)31(32(44)38-33-36-11-15-45-33)30-29-4-3-12-41(29)22-37-30/h5-8,11,15-17,19,22,31H,3-4,9-10,12-14,18,20-21H2,1-2H3,(H,36,38,44). The van der Waals surface area contributed by atoms with Crippen molar-refractivity contribution in [2.75, 3.05) is 50.5 Å². The molecule has 9 nitrogen and oxygen atoms in total. The molecule has 4 aromatic rings. The average molecular weight is 628 g/mol. The minimum Gasteiger partial charge on any atom is -0.370 e. The van der Waals surface area contributed by atoms with Gasteiger partial charge in [0.05, 0.1) is 12.0 Å². The van der Waals surface area contributed by atoms with Crippen LogP contribution in [-0.4, -0.2) is 76.8 Å². The second-order valence-corrected chi connectivity index (χ2v) is 13.8. The van der Waals surface area contributed by atoms with Crippen molar-refractivity contribution in [1.29, 1.82) is 0 Å². The fourth-order valence-corrected chi connectivity index (χ4v) is 7.71. The normalized spacial score (nSPS) is 18.2. The van der Waals surface area contributed by atoms with Gasteiger partial charge >= 0.3 is 0 Å². The van der Waals surface area contributed by atoms with Crippen LogP contribution < -0.4 is 10.2 Å². The number of hydrogen-bond acceptors (Lipinski definition) is 8. The number of amides is 1. The van der Waals surface area contributed by atoms with E-state index in [2.05, 4.69) is 48.8 Å². The zero-order valence-corrected chi connectivity index (χ0v) is 26.5. The van der Waals surface area contributed by atoms with Crippen LogP contribution in [0.5, 0.6) is 0 Å². The SMILES string of the molecule is CN1CCC2(CC1)CN(c1ccc(-c3cc(F)c(CN(C)C(C(=O)Nc4nccs4)c4ncn5c4CCC5)c(C=O)c3)cc1)C2. The third kappa shape index (κ3) is 5.80. The Labute approximate surface area is 266 Å². The van der Waals surface area contributed by atoms with Gasteiger partial charge in [0.25, 0.3) is 0 Å². The Morgan fingerprint density at radius 2 is 1.91 bits per heavy atom. The smallest absolute Gasteiger partial charge is 0.249 e. The van der Waals surface area contributed by atoms with E-state index >= 15 is 4.39 Å². The minimum absolute atomic E-state index is 0.0495. The lowest BCUT2D eigenvalue weighted by Crippen LogP contribution is -2.60. The number of fused-ring (bicyclic) bond motifs is 1. The number of thiazole rings is 1. The lowest BCUT2D eigenvalue weighted by Gasteiger charge is -2.54. The molecule has 3 aliphatic heterocycles. The van der Waals surface area contributed by atoms with Gasteiger partial charge in [0.15, 0.2) is 11.4 Å². The summed E-state index contributed by atoms with van der Waals surface area (Å²) < 4.78 is 17.9. The minimum atomic E-state index is -0.787. The fourth-order valence-electron chi connectivity index (χ4n) is 7.18. The predicted molar refractivity (Wildman–Crippen MR) is 174 cm³/mol. The number of likely N-dealkylation sites (N-methyl/N-ethyl adjacent to an activating group) is 1. The number of carbonyl (C=O) groups excluding carboxylic acids is 2. The Hall–Kier alpha value is -3.93. The van der Waals surface area contributed by atoms with Crippen LogP contribution in [0, 0.1) is 11.2 Å². The largest absolute Gasteiger partial charge is 0.370 e. The number of anilines is 2. The quantitative estimate of drug-likeness (QED) is 0.254. The maximum atomic E-state index is 15.9. The van der Waals surface area contributed by atoms with E-state index in [4.69, 9.17) is 0 Å². The third-order valence-corrected chi connectivity index (χ3v) is 10.5. The summed E-state index contributed by atoms with van der Waals surface area (Å²) in [6.45, 7) is 5.39. The molecule has 2 aromatic heterocycles. The summed E-state index contributed by atoms with van der Waals surface area (Å²) in [5.41, 5.74) is 5.28. The van der Waals surface area contributed by atoms with Crippen LogP contribution >= 0.6 is 11.3 Å². The van der Waals surface area contributed by atoms with Gasteiger partial charge in [-0.2, -0.15) is 0 Å². The van der Waals surface area contributed by atoms with Gasteiger partial charge in [-0.15, -0.1) is 11.3 Å². The Balaban J connectivity index is 1.10. The van der Waals surface area contributed by atoms with E-state index in [1.807, 2.05) is 12.1 Å². The number of nitrogens with one attached hydrogen (secondary N) is 1. The zero-order chi connectivity index (χ0) is 31.1. The summed E-state index contributed by atoms with van der Waals surface area (Å²) in [6, 6.07) is 10.6. The van der Waals surface area contributed by atoms with Crippen LogP contribution in [0.3, 0.4) is 0 Å². The number of piperidine rings is 1. The van der Waals surface area contributed by atoms with Crippen molar-refractivity contribution in [3.05, 3.63) is 82.6 Å². The molecule has 2 fully saturated rings. The van der Waals surface area contributed by atoms with Gasteiger partial charge < -0.3 is 19.7 Å². The van der Waals surface area contributed by atoms with Crippen molar-refractivity contribution >= 4 is 34.3 Å². The van der Waals surface area contributed by atoms with Crippen LogP contribution in [0.25, 0.3) is 11.1 Å². The fraction of sp³-hybridized carbons (Fsp3) is 0.412. The molecule has 2 saturated heterocycles. The van der Waals surface area contributed by atoms with E-state index in [0.29, 0.717) is 28.1 Å². The molecule has 0 radical (unpaired) electrons. The number of nitrogens with zero attached hydrogens (tertiary/aromatic N) is 6. The summed E-state index contributed by atoms with van der Waals surface area (Å²) in [5.74, 6) is -0.777. The van der Waals surface area contributed by atoms with Crippen LogP contribution in [0.1, 0.15) is 52.6 Å². The first kappa shape index (κ1) is 29.8. The molecule has 1 amide bonds. The van der Waals surface area contributed by atoms with Crippen LogP contribution in [0.2, 0.25) is 0 Å². The first-order chi connectivity index (χ1) is 21.8. The first-order valence-corrected chi connectivity index (χ1v) is 16.5. The number of likely N-dealkylation sites (tertiary alicyclic amines) is 1. The molecular weight excluding hydrogens is 589 g/mol.